The number of amides is 2. The van der Waals surface area contributed by atoms with Crippen LogP contribution in [0.5, 0.6) is 5.75 Å². The van der Waals surface area contributed by atoms with Gasteiger partial charge in [0, 0.05) is 80.8 Å². The number of ether oxygens (including phenoxy) is 3. The molecule has 12 nitrogen and oxygen atoms in total. The van der Waals surface area contributed by atoms with E-state index in [1.54, 1.807) is 25.4 Å². The summed E-state index contributed by atoms with van der Waals surface area (Å²) in [5.74, 6) is 0.0803. The van der Waals surface area contributed by atoms with Crippen LogP contribution in [-0.4, -0.2) is 91.6 Å². The van der Waals surface area contributed by atoms with Crippen molar-refractivity contribution in [3.8, 4) is 5.75 Å². The summed E-state index contributed by atoms with van der Waals surface area (Å²) in [4.78, 5) is 30.5. The molecule has 3 aliphatic heterocycles. The van der Waals surface area contributed by atoms with Gasteiger partial charge in [-0.2, -0.15) is 0 Å². The predicted molar refractivity (Wildman–Crippen MR) is 227 cm³/mol. The highest BCUT2D eigenvalue weighted by Gasteiger charge is 2.44. The number of aromatic nitrogens is 1. The van der Waals surface area contributed by atoms with Gasteiger partial charge >= 0.3 is 0 Å². The number of hydrogen-bond donors (Lipinski definition) is 3. The molecule has 5 aliphatic rings. The lowest BCUT2D eigenvalue weighted by molar-refractivity contribution is 0.0131. The fraction of sp³-hybridized carbons (Fsp3) is 0.545. The Morgan fingerprint density at radius 2 is 2.07 bits per heavy atom. The van der Waals surface area contributed by atoms with Gasteiger partial charge in [-0.1, -0.05) is 36.7 Å². The zero-order chi connectivity index (χ0) is 40.4. The van der Waals surface area contributed by atoms with Crippen molar-refractivity contribution in [1.82, 2.24) is 19.9 Å². The molecule has 2 aromatic carbocycles. The summed E-state index contributed by atoms with van der Waals surface area (Å²) >= 11 is 6.49. The van der Waals surface area contributed by atoms with E-state index < -0.39 is 21.7 Å². The average Bonchev–Trinajstić information content (AvgIpc) is 3.49. The second kappa shape index (κ2) is 17.5. The highest BCUT2D eigenvalue weighted by atomic mass is 35.5. The molecule has 8 rings (SSSR count). The van der Waals surface area contributed by atoms with Crippen LogP contribution in [-0.2, 0) is 44.8 Å². The molecule has 0 radical (unpaired) electrons. The molecule has 14 heteroatoms. The van der Waals surface area contributed by atoms with E-state index in [1.165, 1.54) is 11.1 Å². The van der Waals surface area contributed by atoms with Gasteiger partial charge in [-0.15, -0.1) is 4.36 Å². The standard InChI is InChI=1S/C44H57ClN6O6S/c1-29-6-4-8-40(55-3)37-12-9-32(37)24-51-27-44(15-5-7-30-18-34(45)11-13-38(30)44)28-57-41-14-10-31(20-39(41)51)42(52)48-58(54,26-29)49-43(53)33-19-36(50(2)23-33)22-46-21-35-25-56-17-16-47-35/h4,8,10-11,13-14,18-20,23,29,32,35,37,40,46-47H,5-7,9,12,15-17,21-22,24-28H2,1-3H3,(H,48,49,52,53,54)/b8-4+/t29-,32-,35-,37+,40-,44-,58?/m0/s1. The second-order valence-corrected chi connectivity index (χ2v) is 19.5. The van der Waals surface area contributed by atoms with Gasteiger partial charge in [-0.25, -0.2) is 4.21 Å². The summed E-state index contributed by atoms with van der Waals surface area (Å²) in [6.07, 6.45) is 11.6. The normalized spacial score (nSPS) is 30.5. The molecule has 58 heavy (non-hydrogen) atoms. The van der Waals surface area contributed by atoms with Gasteiger partial charge in [-0.05, 0) is 104 Å². The molecule has 1 unspecified atom stereocenters. The van der Waals surface area contributed by atoms with E-state index in [2.05, 4.69) is 48.9 Å². The number of aryl methyl sites for hydroxylation is 2. The number of methoxy groups -OCH3 is 1. The second-order valence-electron chi connectivity index (χ2n) is 17.1. The van der Waals surface area contributed by atoms with Gasteiger partial charge in [0.1, 0.15) is 15.7 Å². The zero-order valence-electron chi connectivity index (χ0n) is 33.8. The molecule has 2 fully saturated rings. The first-order valence-corrected chi connectivity index (χ1v) is 22.9. The fourth-order valence-corrected chi connectivity index (χ4v) is 11.7. The van der Waals surface area contributed by atoms with Crippen LogP contribution in [0.25, 0.3) is 0 Å². The molecule has 3 N–H and O–H groups in total. The average molecular weight is 833 g/mol. The van der Waals surface area contributed by atoms with E-state index in [-0.39, 0.29) is 29.2 Å². The van der Waals surface area contributed by atoms with Crippen LogP contribution in [0, 0.1) is 17.8 Å². The van der Waals surface area contributed by atoms with Crippen molar-refractivity contribution in [2.45, 2.75) is 69.6 Å². The quantitative estimate of drug-likeness (QED) is 0.252. The first-order chi connectivity index (χ1) is 28.0. The van der Waals surface area contributed by atoms with Crippen LogP contribution in [0.15, 0.2) is 65.2 Å². The number of hydrogen-bond acceptors (Lipinski definition) is 9. The Labute approximate surface area is 347 Å². The van der Waals surface area contributed by atoms with Gasteiger partial charge in [0.05, 0.1) is 42.9 Å². The number of carbonyl (C=O) groups is 2. The summed E-state index contributed by atoms with van der Waals surface area (Å²) in [5, 5.41) is 7.61. The Balaban J connectivity index is 1.10. The molecule has 1 saturated carbocycles. The number of fused-ring (bicyclic) bond motifs is 4. The molecule has 1 aromatic heterocycles. The number of halogens is 1. The van der Waals surface area contributed by atoms with Crippen molar-refractivity contribution >= 4 is 39.0 Å². The largest absolute Gasteiger partial charge is 0.490 e. The minimum atomic E-state index is -3.57. The van der Waals surface area contributed by atoms with Crippen LogP contribution >= 0.6 is 11.6 Å². The molecule has 7 atom stereocenters. The number of anilines is 1. The first-order valence-electron chi connectivity index (χ1n) is 20.8. The fourth-order valence-electron chi connectivity index (χ4n) is 9.61. The number of nitrogens with one attached hydrogen (secondary N) is 3. The molecule has 1 saturated heterocycles. The van der Waals surface area contributed by atoms with Crippen LogP contribution in [0.3, 0.4) is 0 Å². The summed E-state index contributed by atoms with van der Waals surface area (Å²) in [6.45, 7) is 7.40. The first kappa shape index (κ1) is 41.0. The molecule has 4 heterocycles. The monoisotopic (exact) mass is 832 g/mol. The summed E-state index contributed by atoms with van der Waals surface area (Å²) in [7, 11) is 0.0779. The van der Waals surface area contributed by atoms with Gasteiger partial charge in [-0.3, -0.25) is 14.3 Å². The third-order valence-electron chi connectivity index (χ3n) is 12.8. The maximum absolute atomic E-state index is 14.8. The number of benzene rings is 2. The summed E-state index contributed by atoms with van der Waals surface area (Å²) in [6, 6.07) is 13.6. The Bertz CT molecular complexity index is 2160. The minimum absolute atomic E-state index is 0.00233. The smallest absolute Gasteiger partial charge is 0.286 e. The van der Waals surface area contributed by atoms with E-state index in [9.17, 15) is 13.8 Å². The Morgan fingerprint density at radius 3 is 2.86 bits per heavy atom. The SMILES string of the molecule is CO[C@H]1/C=C/C[C@H](C)CS(=O)(NC(=O)c2cc(CNC[C@H]3COCCN3)n(C)c2)=NC(=O)c2ccc3c(c2)N(C[C@@H]2CC[C@H]21)C[C@@]1(CCCc2cc(Cl)ccc21)CO3. The lowest BCUT2D eigenvalue weighted by atomic mass is 9.68. The Hall–Kier alpha value is -3.72. The highest BCUT2D eigenvalue weighted by Crippen LogP contribution is 2.47. The van der Waals surface area contributed by atoms with Crippen molar-refractivity contribution in [3.63, 3.8) is 0 Å². The third kappa shape index (κ3) is 8.90. The van der Waals surface area contributed by atoms with Crippen LogP contribution in [0.2, 0.25) is 5.02 Å². The number of allylic oxidation sites excluding steroid dienone is 1. The third-order valence-corrected chi connectivity index (χ3v) is 15.1. The Morgan fingerprint density at radius 1 is 1.19 bits per heavy atom. The van der Waals surface area contributed by atoms with Crippen molar-refractivity contribution in [2.75, 3.05) is 63.8 Å². The predicted octanol–water partition coefficient (Wildman–Crippen LogP) is 5.82. The maximum Gasteiger partial charge on any atom is 0.286 e. The highest BCUT2D eigenvalue weighted by molar-refractivity contribution is 7.92. The van der Waals surface area contributed by atoms with Crippen molar-refractivity contribution in [3.05, 3.63) is 93.8 Å². The molecule has 2 bridgehead atoms. The van der Waals surface area contributed by atoms with Gasteiger partial charge in [0.2, 0.25) is 0 Å². The Kier molecular flexibility index (Phi) is 12.4. The van der Waals surface area contributed by atoms with E-state index in [4.69, 9.17) is 25.8 Å². The molecule has 2 aliphatic carbocycles. The van der Waals surface area contributed by atoms with E-state index >= 15 is 0 Å². The van der Waals surface area contributed by atoms with E-state index in [0.717, 1.165) is 68.1 Å². The molecule has 2 amide bonds. The molecular weight excluding hydrogens is 776 g/mol. The van der Waals surface area contributed by atoms with E-state index in [0.29, 0.717) is 68.0 Å². The topological polar surface area (TPSA) is 136 Å². The molecular formula is C44H57ClN6O6S. The van der Waals surface area contributed by atoms with E-state index in [1.807, 2.05) is 36.7 Å². The molecule has 1 spiro atoms. The zero-order valence-corrected chi connectivity index (χ0v) is 35.4. The van der Waals surface area contributed by atoms with Gasteiger partial charge < -0.3 is 34.3 Å². The summed E-state index contributed by atoms with van der Waals surface area (Å²) < 4.78 is 42.1. The number of morpholine rings is 1. The lowest BCUT2D eigenvalue weighted by Gasteiger charge is -2.46. The lowest BCUT2D eigenvalue weighted by Crippen LogP contribution is -2.49. The molecule has 3 aromatic rings. The van der Waals surface area contributed by atoms with Crippen molar-refractivity contribution in [2.24, 2.45) is 29.2 Å². The number of rotatable bonds is 7. The van der Waals surface area contributed by atoms with Crippen molar-refractivity contribution in [1.29, 1.82) is 0 Å². The minimum Gasteiger partial charge on any atom is -0.490 e. The number of nitrogens with zero attached hydrogens (tertiary/aromatic N) is 3. The van der Waals surface area contributed by atoms with Crippen LogP contribution in [0.1, 0.15) is 76.6 Å². The molecule has 312 valence electrons. The van der Waals surface area contributed by atoms with Gasteiger partial charge in [0.15, 0.2) is 0 Å². The maximum atomic E-state index is 14.8. The van der Waals surface area contributed by atoms with Crippen LogP contribution in [0.4, 0.5) is 5.69 Å². The number of carbonyl (C=O) groups excluding carboxylic acids is 2. The van der Waals surface area contributed by atoms with Crippen molar-refractivity contribution < 1.29 is 28.0 Å². The summed E-state index contributed by atoms with van der Waals surface area (Å²) in [5.41, 5.74) is 4.63. The van der Waals surface area contributed by atoms with Crippen LogP contribution < -0.4 is 25.0 Å². The van der Waals surface area contributed by atoms with Gasteiger partial charge in [0.25, 0.3) is 11.8 Å².